The van der Waals surface area contributed by atoms with Crippen LogP contribution in [-0.4, -0.2) is 5.12 Å². The van der Waals surface area contributed by atoms with Crippen molar-refractivity contribution >= 4 is 17.7 Å². The van der Waals surface area contributed by atoms with Crippen LogP contribution in [0.4, 0.5) is 0 Å². The molecule has 0 aliphatic heterocycles. The van der Waals surface area contributed by atoms with Crippen molar-refractivity contribution in [3.8, 4) is 0 Å². The molecule has 0 amide bonds. The molecule has 0 saturated carbocycles. The molecule has 1 nitrogen and oxygen atoms in total. The summed E-state index contributed by atoms with van der Waals surface area (Å²) < 4.78 is 0. The first-order chi connectivity index (χ1) is 3.77. The first-order valence-electron chi connectivity index (χ1n) is 2.63. The van der Waals surface area contributed by atoms with Gasteiger partial charge in [-0.05, 0) is 13.0 Å². The van der Waals surface area contributed by atoms with E-state index < -0.39 is 0 Å². The van der Waals surface area contributed by atoms with E-state index in [0.29, 0.717) is 0 Å². The van der Waals surface area contributed by atoms with Gasteiger partial charge in [0.25, 0.3) is 0 Å². The number of hydrogen-bond donors (Lipinski definition) is 1. The van der Waals surface area contributed by atoms with Crippen LogP contribution in [0.25, 0.3) is 0 Å². The average molecular weight is 132 g/mol. The van der Waals surface area contributed by atoms with E-state index in [1.165, 1.54) is 6.08 Å². The highest BCUT2D eigenvalue weighted by Gasteiger charge is 1.74. The third kappa shape index (κ3) is 17.1. The smallest absolute Gasteiger partial charge is 0.208 e. The molecule has 0 heterocycles. The lowest BCUT2D eigenvalue weighted by molar-refractivity contribution is -0.106. The zero-order chi connectivity index (χ0) is 6.99. The molecule has 0 N–H and O–H groups in total. The van der Waals surface area contributed by atoms with Crippen LogP contribution in [0.3, 0.4) is 0 Å². The van der Waals surface area contributed by atoms with E-state index >= 15 is 0 Å². The van der Waals surface area contributed by atoms with Crippen LogP contribution in [0, 0.1) is 0 Å². The van der Waals surface area contributed by atoms with Gasteiger partial charge in [-0.1, -0.05) is 19.9 Å². The summed E-state index contributed by atoms with van der Waals surface area (Å²) in [4.78, 5) is 9.82. The van der Waals surface area contributed by atoms with Crippen molar-refractivity contribution < 1.29 is 4.79 Å². The second-order valence-electron chi connectivity index (χ2n) is 0.838. The fourth-order valence-electron chi connectivity index (χ4n) is 0.143. The molecular formula is C6H12OS. The lowest BCUT2D eigenvalue weighted by Gasteiger charge is -1.67. The van der Waals surface area contributed by atoms with Crippen LogP contribution in [0.1, 0.15) is 20.8 Å². The molecule has 0 radical (unpaired) electrons. The van der Waals surface area contributed by atoms with Crippen LogP contribution in [0.5, 0.6) is 0 Å². The summed E-state index contributed by atoms with van der Waals surface area (Å²) in [6.07, 6.45) is 3.04. The molecule has 0 atom stereocenters. The third-order valence-corrected chi connectivity index (χ3v) is 0.458. The Hall–Kier alpha value is -0.240. The maximum absolute atomic E-state index is 9.82. The topological polar surface area (TPSA) is 17.1 Å². The van der Waals surface area contributed by atoms with E-state index in [1.54, 1.807) is 13.0 Å². The summed E-state index contributed by atoms with van der Waals surface area (Å²) in [5.41, 5.74) is 0. The second kappa shape index (κ2) is 9.90. The third-order valence-electron chi connectivity index (χ3n) is 0.309. The molecule has 0 fully saturated rings. The predicted molar refractivity (Wildman–Crippen MR) is 40.2 cm³/mol. The fourth-order valence-corrected chi connectivity index (χ4v) is 0.292. The van der Waals surface area contributed by atoms with E-state index in [9.17, 15) is 4.79 Å². The van der Waals surface area contributed by atoms with E-state index in [0.717, 1.165) is 0 Å². The quantitative estimate of drug-likeness (QED) is 0.427. The molecule has 0 saturated heterocycles. The Bertz CT molecular complexity index is 76.6. The summed E-state index contributed by atoms with van der Waals surface area (Å²) in [6.45, 7) is 5.77. The number of carbonyl (C=O) groups excluding carboxylic acids is 1. The number of carbonyl (C=O) groups is 1. The minimum atomic E-state index is -0.197. The zero-order valence-corrected chi connectivity index (χ0v) is 6.40. The summed E-state index contributed by atoms with van der Waals surface area (Å²) in [5, 5.41) is -0.197. The zero-order valence-electron chi connectivity index (χ0n) is 5.51. The first kappa shape index (κ1) is 10.7. The van der Waals surface area contributed by atoms with Crippen LogP contribution >= 0.6 is 12.6 Å². The molecule has 0 unspecified atom stereocenters. The predicted octanol–water partition coefficient (Wildman–Crippen LogP) is 2.05. The van der Waals surface area contributed by atoms with Gasteiger partial charge in [0.2, 0.25) is 5.12 Å². The maximum atomic E-state index is 9.82. The Morgan fingerprint density at radius 3 is 1.88 bits per heavy atom. The molecule has 0 aromatic carbocycles. The van der Waals surface area contributed by atoms with Crippen molar-refractivity contribution in [2.75, 3.05) is 0 Å². The van der Waals surface area contributed by atoms with Gasteiger partial charge in [0.1, 0.15) is 0 Å². The molecule has 2 heteroatoms. The van der Waals surface area contributed by atoms with E-state index in [-0.39, 0.29) is 5.12 Å². The molecule has 0 rings (SSSR count). The molecule has 0 bridgehead atoms. The Labute approximate surface area is 56.2 Å². The van der Waals surface area contributed by atoms with Crippen molar-refractivity contribution in [1.82, 2.24) is 0 Å². The van der Waals surface area contributed by atoms with Gasteiger partial charge in [0, 0.05) is 0 Å². The number of hydrogen-bond acceptors (Lipinski definition) is 1. The van der Waals surface area contributed by atoms with Crippen LogP contribution < -0.4 is 0 Å². The summed E-state index contributed by atoms with van der Waals surface area (Å²) in [6, 6.07) is 0. The largest absolute Gasteiger partial charge is 0.283 e. The standard InChI is InChI=1S/C4H6OS.C2H6/c1-2-3-4(5)6;1-2/h2-3H,1H3,(H,5,6);1-2H3. The van der Waals surface area contributed by atoms with Gasteiger partial charge >= 0.3 is 0 Å². The monoisotopic (exact) mass is 132 g/mol. The fraction of sp³-hybridized carbons (Fsp3) is 0.500. The van der Waals surface area contributed by atoms with Crippen molar-refractivity contribution in [2.24, 2.45) is 0 Å². The Kier molecular flexibility index (Phi) is 13.2. The lowest BCUT2D eigenvalue weighted by atomic mass is 10.6. The van der Waals surface area contributed by atoms with Crippen LogP contribution in [0.2, 0.25) is 0 Å². The van der Waals surface area contributed by atoms with Crippen molar-refractivity contribution in [3.63, 3.8) is 0 Å². The van der Waals surface area contributed by atoms with Crippen molar-refractivity contribution in [1.29, 1.82) is 0 Å². The molecule has 0 spiro atoms. The van der Waals surface area contributed by atoms with Crippen molar-refractivity contribution in [2.45, 2.75) is 20.8 Å². The van der Waals surface area contributed by atoms with E-state index in [2.05, 4.69) is 12.6 Å². The van der Waals surface area contributed by atoms with Crippen molar-refractivity contribution in [3.05, 3.63) is 12.2 Å². The van der Waals surface area contributed by atoms with Crippen LogP contribution in [0.15, 0.2) is 12.2 Å². The summed E-state index contributed by atoms with van der Waals surface area (Å²) in [7, 11) is 0. The van der Waals surface area contributed by atoms with Gasteiger partial charge in [-0.3, -0.25) is 4.79 Å². The van der Waals surface area contributed by atoms with E-state index in [4.69, 9.17) is 0 Å². The number of allylic oxidation sites excluding steroid dienone is 1. The summed E-state index contributed by atoms with van der Waals surface area (Å²) in [5.74, 6) is 0. The first-order valence-corrected chi connectivity index (χ1v) is 3.07. The number of thiol groups is 1. The lowest BCUT2D eigenvalue weighted by Crippen LogP contribution is -1.70. The second-order valence-corrected chi connectivity index (χ2v) is 1.28. The number of rotatable bonds is 1. The SMILES string of the molecule is CC.CC=CC(=O)S. The van der Waals surface area contributed by atoms with E-state index in [1.807, 2.05) is 13.8 Å². The molecule has 0 aromatic heterocycles. The molecule has 0 aliphatic carbocycles. The van der Waals surface area contributed by atoms with Gasteiger partial charge in [0.15, 0.2) is 0 Å². The molecule has 8 heavy (non-hydrogen) atoms. The van der Waals surface area contributed by atoms with Crippen LogP contribution in [-0.2, 0) is 4.79 Å². The minimum Gasteiger partial charge on any atom is -0.283 e. The highest BCUT2D eigenvalue weighted by atomic mass is 32.1. The van der Waals surface area contributed by atoms with Gasteiger partial charge < -0.3 is 0 Å². The molecule has 48 valence electrons. The Morgan fingerprint density at radius 2 is 1.88 bits per heavy atom. The normalized spacial score (nSPS) is 8.00. The highest BCUT2D eigenvalue weighted by molar-refractivity contribution is 7.97. The minimum absolute atomic E-state index is 0.197. The summed E-state index contributed by atoms with van der Waals surface area (Å²) >= 11 is 3.45. The molecule has 0 aliphatic rings. The average Bonchev–Trinajstić information content (AvgIpc) is 1.72. The Morgan fingerprint density at radius 1 is 1.50 bits per heavy atom. The molecular weight excluding hydrogens is 120 g/mol. The van der Waals surface area contributed by atoms with Gasteiger partial charge in [-0.2, -0.15) is 0 Å². The van der Waals surface area contributed by atoms with Gasteiger partial charge in [-0.15, -0.1) is 12.6 Å². The Balaban J connectivity index is 0. The highest BCUT2D eigenvalue weighted by Crippen LogP contribution is 1.77. The maximum Gasteiger partial charge on any atom is 0.208 e. The molecule has 0 aromatic rings. The van der Waals surface area contributed by atoms with Gasteiger partial charge in [-0.25, -0.2) is 0 Å². The van der Waals surface area contributed by atoms with Gasteiger partial charge in [0.05, 0.1) is 0 Å².